The van der Waals surface area contributed by atoms with E-state index < -0.39 is 0 Å². The third-order valence-corrected chi connectivity index (χ3v) is 5.05. The molecule has 0 unspecified atom stereocenters. The van der Waals surface area contributed by atoms with E-state index in [4.69, 9.17) is 9.47 Å². The van der Waals surface area contributed by atoms with Crippen molar-refractivity contribution < 1.29 is 14.3 Å². The molecule has 0 bridgehead atoms. The molecule has 2 heterocycles. The third kappa shape index (κ3) is 3.74. The molecule has 5 nitrogen and oxygen atoms in total. The lowest BCUT2D eigenvalue weighted by Gasteiger charge is -2.19. The average molecular weight is 354 g/mol. The van der Waals surface area contributed by atoms with Crippen LogP contribution in [0.4, 0.5) is 5.69 Å². The first-order chi connectivity index (χ1) is 12.3. The van der Waals surface area contributed by atoms with Crippen molar-refractivity contribution in [1.82, 2.24) is 4.98 Å². The average Bonchev–Trinajstić information content (AvgIpc) is 3.04. The molecular formula is C19H18N2O3S. The second kappa shape index (κ2) is 7.11. The molecule has 0 aliphatic carbocycles. The highest BCUT2D eigenvalue weighted by Gasteiger charge is 2.13. The molecule has 1 amide bonds. The summed E-state index contributed by atoms with van der Waals surface area (Å²) in [4.78, 5) is 16.7. The number of hydrogen-bond acceptors (Lipinski definition) is 5. The number of nitrogens with one attached hydrogen (secondary N) is 1. The van der Waals surface area contributed by atoms with Crippen molar-refractivity contribution in [2.24, 2.45) is 0 Å². The number of thiazole rings is 1. The fourth-order valence-corrected chi connectivity index (χ4v) is 3.78. The van der Waals surface area contributed by atoms with Crippen LogP contribution in [-0.4, -0.2) is 24.1 Å². The summed E-state index contributed by atoms with van der Waals surface area (Å²) in [5.41, 5.74) is 1.76. The molecule has 1 aromatic heterocycles. The number of hydrogen-bond donors (Lipinski definition) is 1. The minimum absolute atomic E-state index is 0.00205. The fraction of sp³-hybridized carbons (Fsp3) is 0.263. The smallest absolute Gasteiger partial charge is 0.224 e. The van der Waals surface area contributed by atoms with Crippen LogP contribution in [0, 0.1) is 0 Å². The Kier molecular flexibility index (Phi) is 4.52. The molecule has 1 aliphatic heterocycles. The van der Waals surface area contributed by atoms with Gasteiger partial charge in [0.15, 0.2) is 11.5 Å². The molecule has 0 saturated heterocycles. The van der Waals surface area contributed by atoms with Gasteiger partial charge >= 0.3 is 0 Å². The Hall–Kier alpha value is -2.60. The van der Waals surface area contributed by atoms with E-state index in [2.05, 4.69) is 16.4 Å². The van der Waals surface area contributed by atoms with E-state index >= 15 is 0 Å². The van der Waals surface area contributed by atoms with Crippen LogP contribution < -0.4 is 14.8 Å². The number of rotatable bonds is 5. The summed E-state index contributed by atoms with van der Waals surface area (Å²) in [7, 11) is 0. The van der Waals surface area contributed by atoms with Crippen molar-refractivity contribution in [3.8, 4) is 11.5 Å². The molecule has 2 aromatic carbocycles. The highest BCUT2D eigenvalue weighted by atomic mass is 32.1. The third-order valence-electron chi connectivity index (χ3n) is 3.96. The molecular weight excluding hydrogens is 336 g/mol. The monoisotopic (exact) mass is 354 g/mol. The normalized spacial score (nSPS) is 13.0. The molecule has 0 spiro atoms. The van der Waals surface area contributed by atoms with Crippen molar-refractivity contribution in [2.45, 2.75) is 19.3 Å². The van der Waals surface area contributed by atoms with E-state index in [1.807, 2.05) is 30.3 Å². The van der Waals surface area contributed by atoms with Crippen LogP contribution in [0.2, 0.25) is 0 Å². The predicted octanol–water partition coefficient (Wildman–Crippen LogP) is 4.03. The molecule has 0 saturated carbocycles. The van der Waals surface area contributed by atoms with E-state index in [0.717, 1.165) is 34.8 Å². The van der Waals surface area contributed by atoms with Crippen LogP contribution in [0.1, 0.15) is 17.8 Å². The molecule has 0 fully saturated rings. The summed E-state index contributed by atoms with van der Waals surface area (Å²) < 4.78 is 12.2. The lowest BCUT2D eigenvalue weighted by Crippen LogP contribution is -2.16. The van der Waals surface area contributed by atoms with E-state index in [9.17, 15) is 4.79 Å². The number of fused-ring (bicyclic) bond motifs is 2. The summed E-state index contributed by atoms with van der Waals surface area (Å²) in [6, 6.07) is 13.6. The fourth-order valence-electron chi connectivity index (χ4n) is 2.77. The predicted molar refractivity (Wildman–Crippen MR) is 98.6 cm³/mol. The first-order valence-electron chi connectivity index (χ1n) is 8.32. The van der Waals surface area contributed by atoms with Crippen molar-refractivity contribution in [1.29, 1.82) is 0 Å². The number of para-hydroxylation sites is 1. The largest absolute Gasteiger partial charge is 0.486 e. The van der Waals surface area contributed by atoms with E-state index in [0.29, 0.717) is 25.4 Å². The Labute approximate surface area is 149 Å². The van der Waals surface area contributed by atoms with Gasteiger partial charge in [-0.2, -0.15) is 0 Å². The highest BCUT2D eigenvalue weighted by Crippen LogP contribution is 2.32. The maximum atomic E-state index is 12.1. The van der Waals surface area contributed by atoms with Gasteiger partial charge < -0.3 is 14.8 Å². The van der Waals surface area contributed by atoms with E-state index in [1.54, 1.807) is 17.4 Å². The van der Waals surface area contributed by atoms with Gasteiger partial charge in [0.05, 0.1) is 15.2 Å². The minimum atomic E-state index is -0.00205. The molecule has 128 valence electrons. The van der Waals surface area contributed by atoms with E-state index in [1.165, 1.54) is 4.70 Å². The lowest BCUT2D eigenvalue weighted by molar-refractivity contribution is -0.116. The Morgan fingerprint density at radius 2 is 1.96 bits per heavy atom. The van der Waals surface area contributed by atoms with Crippen molar-refractivity contribution in [3.63, 3.8) is 0 Å². The zero-order valence-corrected chi connectivity index (χ0v) is 14.5. The van der Waals surface area contributed by atoms with Crippen LogP contribution in [0.15, 0.2) is 42.5 Å². The number of amides is 1. The highest BCUT2D eigenvalue weighted by molar-refractivity contribution is 7.18. The van der Waals surface area contributed by atoms with Gasteiger partial charge in [-0.25, -0.2) is 4.98 Å². The number of nitrogens with zero attached hydrogens (tertiary/aromatic N) is 1. The first kappa shape index (κ1) is 15.9. The van der Waals surface area contributed by atoms with Gasteiger partial charge in [0, 0.05) is 18.2 Å². The SMILES string of the molecule is O=C(CCCc1nc2ccccc2s1)Nc1ccc2c(c1)OCCO2. The van der Waals surface area contributed by atoms with Gasteiger partial charge in [0.2, 0.25) is 5.91 Å². The summed E-state index contributed by atoms with van der Waals surface area (Å²) in [6.45, 7) is 1.09. The topological polar surface area (TPSA) is 60.5 Å². The van der Waals surface area contributed by atoms with Gasteiger partial charge in [-0.1, -0.05) is 12.1 Å². The summed E-state index contributed by atoms with van der Waals surface area (Å²) in [5, 5.41) is 3.99. The first-order valence-corrected chi connectivity index (χ1v) is 9.13. The molecule has 1 aliphatic rings. The maximum absolute atomic E-state index is 12.1. The van der Waals surface area contributed by atoms with E-state index in [-0.39, 0.29) is 5.91 Å². The summed E-state index contributed by atoms with van der Waals surface area (Å²) >= 11 is 1.70. The quantitative estimate of drug-likeness (QED) is 0.751. The van der Waals surface area contributed by atoms with Crippen LogP contribution in [0.5, 0.6) is 11.5 Å². The molecule has 4 rings (SSSR count). The molecule has 1 N–H and O–H groups in total. The number of benzene rings is 2. The minimum Gasteiger partial charge on any atom is -0.486 e. The van der Waals surface area contributed by atoms with Crippen LogP contribution >= 0.6 is 11.3 Å². The van der Waals surface area contributed by atoms with Gasteiger partial charge in [0.1, 0.15) is 13.2 Å². The van der Waals surface area contributed by atoms with Gasteiger partial charge in [-0.05, 0) is 37.1 Å². The molecule has 0 radical (unpaired) electrons. The number of aromatic nitrogens is 1. The Balaban J connectivity index is 1.30. The molecule has 0 atom stereocenters. The molecule has 3 aromatic rings. The second-order valence-corrected chi connectivity index (χ2v) is 6.95. The van der Waals surface area contributed by atoms with Gasteiger partial charge in [0.25, 0.3) is 0 Å². The number of aryl methyl sites for hydroxylation is 1. The Morgan fingerprint density at radius 1 is 1.12 bits per heavy atom. The summed E-state index contributed by atoms with van der Waals surface area (Å²) in [6.07, 6.45) is 2.05. The van der Waals surface area contributed by atoms with Crippen molar-refractivity contribution >= 4 is 33.1 Å². The van der Waals surface area contributed by atoms with Crippen LogP contribution in [-0.2, 0) is 11.2 Å². The second-order valence-electron chi connectivity index (χ2n) is 5.84. The summed E-state index contributed by atoms with van der Waals surface area (Å²) in [5.74, 6) is 1.40. The van der Waals surface area contributed by atoms with Crippen molar-refractivity contribution in [3.05, 3.63) is 47.5 Å². The Morgan fingerprint density at radius 3 is 2.84 bits per heavy atom. The van der Waals surface area contributed by atoms with Crippen LogP contribution in [0.25, 0.3) is 10.2 Å². The number of carbonyl (C=O) groups is 1. The van der Waals surface area contributed by atoms with Gasteiger partial charge in [-0.3, -0.25) is 4.79 Å². The van der Waals surface area contributed by atoms with Gasteiger partial charge in [-0.15, -0.1) is 11.3 Å². The lowest BCUT2D eigenvalue weighted by atomic mass is 10.2. The van der Waals surface area contributed by atoms with Crippen LogP contribution in [0.3, 0.4) is 0 Å². The number of carbonyl (C=O) groups excluding carboxylic acids is 1. The number of ether oxygens (including phenoxy) is 2. The molecule has 25 heavy (non-hydrogen) atoms. The molecule has 6 heteroatoms. The van der Waals surface area contributed by atoms with Crippen molar-refractivity contribution in [2.75, 3.05) is 18.5 Å². The Bertz CT molecular complexity index is 874. The number of anilines is 1. The zero-order valence-electron chi connectivity index (χ0n) is 13.7. The maximum Gasteiger partial charge on any atom is 0.224 e. The standard InChI is InChI=1S/C19H18N2O3S/c22-18(20-13-8-9-15-16(12-13)24-11-10-23-15)6-3-7-19-21-14-4-1-2-5-17(14)25-19/h1-2,4-5,8-9,12H,3,6-7,10-11H2,(H,20,22). The zero-order chi connectivity index (χ0) is 17.1.